The molecule has 0 bridgehead atoms. The lowest BCUT2D eigenvalue weighted by Gasteiger charge is -2.07. The van der Waals surface area contributed by atoms with Crippen LogP contribution in [0.3, 0.4) is 0 Å². The molecule has 2 aromatic rings. The third-order valence-corrected chi connectivity index (χ3v) is 3.56. The Balaban J connectivity index is 1.98. The number of carbonyl (C=O) groups excluding carboxylic acids is 1. The van der Waals surface area contributed by atoms with Gasteiger partial charge in [0.05, 0.1) is 14.2 Å². The Morgan fingerprint density at radius 2 is 1.96 bits per heavy atom. The second-order valence-corrected chi connectivity index (χ2v) is 5.24. The summed E-state index contributed by atoms with van der Waals surface area (Å²) in [5.41, 5.74) is 2.05. The number of methoxy groups -OCH3 is 2. The van der Waals surface area contributed by atoms with E-state index in [2.05, 4.69) is 5.32 Å². The first-order chi connectivity index (χ1) is 11.5. The number of amides is 1. The van der Waals surface area contributed by atoms with Gasteiger partial charge < -0.3 is 14.8 Å². The maximum absolute atomic E-state index is 13.5. The Kier molecular flexibility index (Phi) is 5.95. The second kappa shape index (κ2) is 8.15. The number of ether oxygens (including phenoxy) is 2. The minimum atomic E-state index is -0.278. The van der Waals surface area contributed by atoms with Crippen molar-refractivity contribution in [3.8, 4) is 11.5 Å². The zero-order valence-electron chi connectivity index (χ0n) is 13.9. The van der Waals surface area contributed by atoms with Crippen molar-refractivity contribution in [2.75, 3.05) is 14.2 Å². The molecule has 2 rings (SSSR count). The van der Waals surface area contributed by atoms with Gasteiger partial charge in [0, 0.05) is 24.3 Å². The van der Waals surface area contributed by atoms with Crippen molar-refractivity contribution < 1.29 is 18.7 Å². The zero-order chi connectivity index (χ0) is 17.5. The van der Waals surface area contributed by atoms with Gasteiger partial charge in [-0.25, -0.2) is 4.39 Å². The lowest BCUT2D eigenvalue weighted by Crippen LogP contribution is -2.20. The monoisotopic (exact) mass is 329 g/mol. The molecule has 0 fully saturated rings. The van der Waals surface area contributed by atoms with E-state index in [1.807, 2.05) is 0 Å². The van der Waals surface area contributed by atoms with Crippen LogP contribution < -0.4 is 14.8 Å². The van der Waals surface area contributed by atoms with Gasteiger partial charge in [0.25, 0.3) is 0 Å². The molecule has 0 saturated carbocycles. The number of hydrogen-bond acceptors (Lipinski definition) is 3. The van der Waals surface area contributed by atoms with Gasteiger partial charge in [0.2, 0.25) is 5.91 Å². The van der Waals surface area contributed by atoms with Crippen LogP contribution in [0.5, 0.6) is 11.5 Å². The molecule has 0 heterocycles. The predicted molar refractivity (Wildman–Crippen MR) is 91.6 cm³/mol. The van der Waals surface area contributed by atoms with E-state index >= 15 is 0 Å². The van der Waals surface area contributed by atoms with Crippen molar-refractivity contribution in [3.63, 3.8) is 0 Å². The van der Waals surface area contributed by atoms with Gasteiger partial charge in [-0.2, -0.15) is 0 Å². The minimum absolute atomic E-state index is 0.264. The van der Waals surface area contributed by atoms with E-state index in [0.717, 1.165) is 5.56 Å². The van der Waals surface area contributed by atoms with E-state index in [9.17, 15) is 9.18 Å². The van der Waals surface area contributed by atoms with Crippen molar-refractivity contribution in [3.05, 3.63) is 65.0 Å². The van der Waals surface area contributed by atoms with Crippen molar-refractivity contribution in [2.45, 2.75) is 13.5 Å². The zero-order valence-corrected chi connectivity index (χ0v) is 13.9. The molecule has 0 radical (unpaired) electrons. The molecule has 0 aromatic heterocycles. The van der Waals surface area contributed by atoms with Crippen LogP contribution in [0, 0.1) is 12.7 Å². The van der Waals surface area contributed by atoms with Crippen LogP contribution in [0.15, 0.2) is 42.5 Å². The van der Waals surface area contributed by atoms with E-state index in [0.29, 0.717) is 22.6 Å². The van der Waals surface area contributed by atoms with E-state index < -0.39 is 0 Å². The van der Waals surface area contributed by atoms with Crippen molar-refractivity contribution in [1.82, 2.24) is 5.32 Å². The summed E-state index contributed by atoms with van der Waals surface area (Å²) in [5.74, 6) is 0.739. The molecule has 1 N–H and O–H groups in total. The summed E-state index contributed by atoms with van der Waals surface area (Å²) in [5, 5.41) is 2.72. The molecule has 2 aromatic carbocycles. The van der Waals surface area contributed by atoms with Gasteiger partial charge in [-0.15, -0.1) is 0 Å². The lowest BCUT2D eigenvalue weighted by molar-refractivity contribution is -0.116. The van der Waals surface area contributed by atoms with E-state index in [-0.39, 0.29) is 18.3 Å². The highest BCUT2D eigenvalue weighted by atomic mass is 19.1. The van der Waals surface area contributed by atoms with Crippen molar-refractivity contribution in [2.24, 2.45) is 0 Å². The van der Waals surface area contributed by atoms with Crippen LogP contribution >= 0.6 is 0 Å². The van der Waals surface area contributed by atoms with Gasteiger partial charge in [0.15, 0.2) is 0 Å². The third-order valence-electron chi connectivity index (χ3n) is 3.56. The molecule has 0 aliphatic heterocycles. The van der Waals surface area contributed by atoms with Crippen molar-refractivity contribution >= 4 is 12.0 Å². The number of carbonyl (C=O) groups is 1. The number of hydrogen-bond donors (Lipinski definition) is 1. The van der Waals surface area contributed by atoms with Crippen LogP contribution in [0.25, 0.3) is 6.08 Å². The minimum Gasteiger partial charge on any atom is -0.497 e. The highest BCUT2D eigenvalue weighted by molar-refractivity contribution is 5.92. The number of halogens is 1. The van der Waals surface area contributed by atoms with Crippen LogP contribution in [-0.2, 0) is 11.3 Å². The number of nitrogens with one attached hydrogen (secondary N) is 1. The van der Waals surface area contributed by atoms with Crippen LogP contribution in [0.2, 0.25) is 0 Å². The fraction of sp³-hybridized carbons (Fsp3) is 0.211. The summed E-state index contributed by atoms with van der Waals surface area (Å²) < 4.78 is 23.9. The molecule has 0 spiro atoms. The van der Waals surface area contributed by atoms with Gasteiger partial charge in [-0.05, 0) is 42.3 Å². The summed E-state index contributed by atoms with van der Waals surface area (Å²) in [6, 6.07) is 10.2. The van der Waals surface area contributed by atoms with Crippen LogP contribution in [0.4, 0.5) is 4.39 Å². The lowest BCUT2D eigenvalue weighted by atomic mass is 10.1. The third kappa shape index (κ3) is 4.59. The Bertz CT molecular complexity index is 756. The molecule has 0 aliphatic carbocycles. The van der Waals surface area contributed by atoms with E-state index in [1.165, 1.54) is 12.1 Å². The maximum Gasteiger partial charge on any atom is 0.244 e. The van der Waals surface area contributed by atoms with Crippen LogP contribution in [-0.4, -0.2) is 20.1 Å². The number of rotatable bonds is 6. The first kappa shape index (κ1) is 17.5. The molecule has 1 amide bonds. The molecular weight excluding hydrogens is 309 g/mol. The molecule has 5 heteroatoms. The highest BCUT2D eigenvalue weighted by Crippen LogP contribution is 2.25. The quantitative estimate of drug-likeness (QED) is 0.826. The van der Waals surface area contributed by atoms with Gasteiger partial charge in [-0.3, -0.25) is 4.79 Å². The summed E-state index contributed by atoms with van der Waals surface area (Å²) in [6.45, 7) is 1.96. The van der Waals surface area contributed by atoms with E-state index in [1.54, 1.807) is 57.6 Å². The molecule has 24 heavy (non-hydrogen) atoms. The molecule has 0 aliphatic rings. The first-order valence-corrected chi connectivity index (χ1v) is 7.46. The summed E-state index contributed by atoms with van der Waals surface area (Å²) in [6.07, 6.45) is 3.07. The smallest absolute Gasteiger partial charge is 0.244 e. The Morgan fingerprint density at radius 1 is 1.17 bits per heavy atom. The van der Waals surface area contributed by atoms with Gasteiger partial charge in [0.1, 0.15) is 17.3 Å². The van der Waals surface area contributed by atoms with Crippen LogP contribution in [0.1, 0.15) is 16.7 Å². The van der Waals surface area contributed by atoms with Crippen molar-refractivity contribution in [1.29, 1.82) is 0 Å². The van der Waals surface area contributed by atoms with Gasteiger partial charge in [-0.1, -0.05) is 12.1 Å². The second-order valence-electron chi connectivity index (χ2n) is 5.24. The predicted octanol–water partition coefficient (Wildman–Crippen LogP) is 3.48. The highest BCUT2D eigenvalue weighted by Gasteiger charge is 2.04. The SMILES string of the molecule is COc1ccc(/C=C/C(=O)NCc2ccc(C)c(F)c2)c(OC)c1. The molecule has 4 nitrogen and oxygen atoms in total. The van der Waals surface area contributed by atoms with Gasteiger partial charge >= 0.3 is 0 Å². The maximum atomic E-state index is 13.5. The fourth-order valence-corrected chi connectivity index (χ4v) is 2.12. The molecule has 126 valence electrons. The number of aryl methyl sites for hydroxylation is 1. The largest absolute Gasteiger partial charge is 0.497 e. The summed E-state index contributed by atoms with van der Waals surface area (Å²) >= 11 is 0. The normalized spacial score (nSPS) is 10.7. The average Bonchev–Trinajstić information content (AvgIpc) is 2.60. The molecular formula is C19H20FNO3. The molecule has 0 saturated heterocycles. The fourth-order valence-electron chi connectivity index (χ4n) is 2.12. The topological polar surface area (TPSA) is 47.6 Å². The molecule has 0 atom stereocenters. The Labute approximate surface area is 140 Å². The first-order valence-electron chi connectivity index (χ1n) is 7.46. The standard InChI is InChI=1S/C19H20FNO3/c1-13-4-5-14(10-17(13)20)12-21-19(22)9-7-15-6-8-16(23-2)11-18(15)24-3/h4-11H,12H2,1-3H3,(H,21,22)/b9-7+. The summed E-state index contributed by atoms with van der Waals surface area (Å²) in [4.78, 5) is 11.9. The average molecular weight is 329 g/mol. The number of benzene rings is 2. The molecule has 0 unspecified atom stereocenters. The Morgan fingerprint density at radius 3 is 2.62 bits per heavy atom. The summed E-state index contributed by atoms with van der Waals surface area (Å²) in [7, 11) is 3.13. The Hall–Kier alpha value is -2.82. The van der Waals surface area contributed by atoms with E-state index in [4.69, 9.17) is 9.47 Å².